The van der Waals surface area contributed by atoms with Gasteiger partial charge in [-0.05, 0) is 44.4 Å². The van der Waals surface area contributed by atoms with Crippen molar-refractivity contribution in [2.24, 2.45) is 5.92 Å². The van der Waals surface area contributed by atoms with E-state index in [0.717, 1.165) is 22.9 Å². The average Bonchev–Trinajstić information content (AvgIpc) is 3.17. The van der Waals surface area contributed by atoms with Crippen molar-refractivity contribution in [3.63, 3.8) is 0 Å². The van der Waals surface area contributed by atoms with Gasteiger partial charge in [0.2, 0.25) is 15.9 Å². The number of nitrogens with one attached hydrogen (secondary N) is 1. The minimum Gasteiger partial charge on any atom is -0.311 e. The van der Waals surface area contributed by atoms with Gasteiger partial charge in [0.05, 0.1) is 12.2 Å². The molecule has 1 unspecified atom stereocenters. The summed E-state index contributed by atoms with van der Waals surface area (Å²) < 4.78 is 55.5. The summed E-state index contributed by atoms with van der Waals surface area (Å²) in [4.78, 5) is 11.9. The lowest BCUT2D eigenvalue weighted by molar-refractivity contribution is -0.121. The van der Waals surface area contributed by atoms with Gasteiger partial charge in [-0.25, -0.2) is 21.9 Å². The van der Waals surface area contributed by atoms with Crippen LogP contribution in [0.15, 0.2) is 35.4 Å². The van der Waals surface area contributed by atoms with Gasteiger partial charge >= 0.3 is 0 Å². The minimum absolute atomic E-state index is 0.0565. The van der Waals surface area contributed by atoms with E-state index in [1.165, 1.54) is 0 Å². The van der Waals surface area contributed by atoms with Crippen LogP contribution in [0.3, 0.4) is 0 Å². The van der Waals surface area contributed by atoms with Crippen LogP contribution in [-0.2, 0) is 14.8 Å². The number of halogens is 2. The van der Waals surface area contributed by atoms with Crippen LogP contribution in [-0.4, -0.2) is 41.5 Å². The van der Waals surface area contributed by atoms with E-state index in [1.54, 1.807) is 16.9 Å². The molecule has 29 heavy (non-hydrogen) atoms. The highest BCUT2D eigenvalue weighted by Crippen LogP contribution is 2.27. The first-order chi connectivity index (χ1) is 13.7. The van der Waals surface area contributed by atoms with E-state index in [1.807, 2.05) is 13.8 Å². The van der Waals surface area contributed by atoms with E-state index in [0.29, 0.717) is 24.7 Å². The van der Waals surface area contributed by atoms with Gasteiger partial charge in [0.15, 0.2) is 0 Å². The summed E-state index contributed by atoms with van der Waals surface area (Å²) in [5.74, 6) is -1.80. The second-order valence-corrected chi connectivity index (χ2v) is 9.07. The molecule has 10 heteroatoms. The zero-order chi connectivity index (χ0) is 21.2. The smallest absolute Gasteiger partial charge is 0.246 e. The highest BCUT2D eigenvalue weighted by molar-refractivity contribution is 7.89. The molecule has 1 saturated heterocycles. The fourth-order valence-electron chi connectivity index (χ4n) is 3.34. The quantitative estimate of drug-likeness (QED) is 0.769. The molecular formula is C19H24F2N4O3S. The van der Waals surface area contributed by atoms with E-state index in [4.69, 9.17) is 0 Å². The Labute approximate surface area is 168 Å². The summed E-state index contributed by atoms with van der Waals surface area (Å²) in [6.45, 7) is 4.13. The van der Waals surface area contributed by atoms with Crippen molar-refractivity contribution in [3.05, 3.63) is 42.1 Å². The first kappa shape index (κ1) is 21.4. The van der Waals surface area contributed by atoms with Gasteiger partial charge in [-0.1, -0.05) is 6.92 Å². The molecule has 2 heterocycles. The number of nitrogens with zero attached hydrogens (tertiary/aromatic N) is 3. The molecule has 158 valence electrons. The fraction of sp³-hybridized carbons (Fsp3) is 0.474. The number of piperidine rings is 1. The maximum absolute atomic E-state index is 13.9. The van der Waals surface area contributed by atoms with Crippen LogP contribution < -0.4 is 5.32 Å². The Kier molecular flexibility index (Phi) is 6.33. The molecule has 0 saturated carbocycles. The lowest BCUT2D eigenvalue weighted by Crippen LogP contribution is -2.41. The Hall–Kier alpha value is -2.33. The maximum atomic E-state index is 13.9. The van der Waals surface area contributed by atoms with Crippen LogP contribution >= 0.6 is 0 Å². The van der Waals surface area contributed by atoms with Gasteiger partial charge in [0.25, 0.3) is 0 Å². The molecule has 0 spiro atoms. The van der Waals surface area contributed by atoms with Crippen molar-refractivity contribution >= 4 is 21.7 Å². The topological polar surface area (TPSA) is 84.3 Å². The number of sulfonamides is 1. The summed E-state index contributed by atoms with van der Waals surface area (Å²) in [6, 6.07) is 4.20. The molecular weight excluding hydrogens is 402 g/mol. The zero-order valence-electron chi connectivity index (χ0n) is 16.3. The Balaban J connectivity index is 1.65. The summed E-state index contributed by atoms with van der Waals surface area (Å²) >= 11 is 0. The third kappa shape index (κ3) is 4.48. The van der Waals surface area contributed by atoms with E-state index >= 15 is 0 Å². The average molecular weight is 426 g/mol. The molecule has 1 aromatic heterocycles. The van der Waals surface area contributed by atoms with Crippen LogP contribution in [0.1, 0.15) is 39.2 Å². The second-order valence-electron chi connectivity index (χ2n) is 7.16. The van der Waals surface area contributed by atoms with Crippen LogP contribution in [0.4, 0.5) is 14.6 Å². The Morgan fingerprint density at radius 3 is 2.62 bits per heavy atom. The molecule has 7 nitrogen and oxygen atoms in total. The molecule has 3 rings (SSSR count). The number of anilines is 1. The lowest BCUT2D eigenvalue weighted by Gasteiger charge is -2.30. The van der Waals surface area contributed by atoms with Crippen molar-refractivity contribution in [2.45, 2.75) is 44.0 Å². The number of carbonyl (C=O) groups excluding carboxylic acids is 1. The predicted molar refractivity (Wildman–Crippen MR) is 104 cm³/mol. The van der Waals surface area contributed by atoms with Crippen LogP contribution in [0, 0.1) is 17.6 Å². The summed E-state index contributed by atoms with van der Waals surface area (Å²) in [5, 5.41) is 7.09. The van der Waals surface area contributed by atoms with Gasteiger partial charge in [-0.3, -0.25) is 4.79 Å². The van der Waals surface area contributed by atoms with Crippen molar-refractivity contribution in [3.8, 4) is 0 Å². The third-order valence-corrected chi connectivity index (χ3v) is 7.18. The molecule has 1 N–H and O–H groups in total. The molecule has 0 radical (unpaired) electrons. The lowest BCUT2D eigenvalue weighted by atomic mass is 9.97. The van der Waals surface area contributed by atoms with Crippen LogP contribution in [0.5, 0.6) is 0 Å². The third-order valence-electron chi connectivity index (χ3n) is 5.27. The second kappa shape index (κ2) is 8.58. The number of rotatable bonds is 6. The molecule has 1 aromatic carbocycles. The molecule has 1 amide bonds. The molecule has 1 atom stereocenters. The zero-order valence-corrected chi connectivity index (χ0v) is 17.1. The highest BCUT2D eigenvalue weighted by Gasteiger charge is 2.34. The Morgan fingerprint density at radius 1 is 1.28 bits per heavy atom. The van der Waals surface area contributed by atoms with E-state index in [9.17, 15) is 22.0 Å². The molecule has 0 aliphatic carbocycles. The molecule has 0 bridgehead atoms. The monoisotopic (exact) mass is 426 g/mol. The number of aromatic nitrogens is 2. The highest BCUT2D eigenvalue weighted by atomic mass is 32.2. The first-order valence-corrected chi connectivity index (χ1v) is 11.0. The summed E-state index contributed by atoms with van der Waals surface area (Å²) in [6.07, 6.45) is 3.06. The van der Waals surface area contributed by atoms with E-state index in [2.05, 4.69) is 10.4 Å². The normalized spacial score (nSPS) is 17.2. The van der Waals surface area contributed by atoms with Crippen molar-refractivity contribution < 1.29 is 22.0 Å². The first-order valence-electron chi connectivity index (χ1n) is 9.53. The van der Waals surface area contributed by atoms with Crippen LogP contribution in [0.2, 0.25) is 0 Å². The fourth-order valence-corrected chi connectivity index (χ4v) is 4.88. The summed E-state index contributed by atoms with van der Waals surface area (Å²) in [5.41, 5.74) is 0. The van der Waals surface area contributed by atoms with E-state index in [-0.39, 0.29) is 31.0 Å². The number of hydrogen-bond donors (Lipinski definition) is 1. The number of carbonyl (C=O) groups is 1. The number of hydrogen-bond acceptors (Lipinski definition) is 4. The van der Waals surface area contributed by atoms with Crippen molar-refractivity contribution in [1.29, 1.82) is 0 Å². The minimum atomic E-state index is -4.16. The van der Waals surface area contributed by atoms with Gasteiger partial charge < -0.3 is 5.32 Å². The largest absolute Gasteiger partial charge is 0.311 e. The SMILES string of the molecule is CCC(C)n1nccc1NC(=O)C1CCN(S(=O)(=O)c2cc(F)ccc2F)CC1. The standard InChI is InChI=1S/C19H24F2N4O3S/c1-3-13(2)25-18(6-9-22-25)23-19(26)14-7-10-24(11-8-14)29(27,28)17-12-15(20)4-5-16(17)21/h4-6,9,12-14H,3,7-8,10-11H2,1-2H3,(H,23,26). The molecule has 1 aliphatic heterocycles. The van der Waals surface area contributed by atoms with Gasteiger partial charge in [0.1, 0.15) is 22.3 Å². The predicted octanol–water partition coefficient (Wildman–Crippen LogP) is 3.17. The van der Waals surface area contributed by atoms with Gasteiger partial charge in [-0.2, -0.15) is 9.40 Å². The van der Waals surface area contributed by atoms with Crippen molar-refractivity contribution in [1.82, 2.24) is 14.1 Å². The molecule has 2 aromatic rings. The number of amides is 1. The van der Waals surface area contributed by atoms with Crippen molar-refractivity contribution in [2.75, 3.05) is 18.4 Å². The van der Waals surface area contributed by atoms with Crippen LogP contribution in [0.25, 0.3) is 0 Å². The van der Waals surface area contributed by atoms with Gasteiger partial charge in [0, 0.05) is 25.1 Å². The maximum Gasteiger partial charge on any atom is 0.246 e. The van der Waals surface area contributed by atoms with Gasteiger partial charge in [-0.15, -0.1) is 0 Å². The summed E-state index contributed by atoms with van der Waals surface area (Å²) in [7, 11) is -4.16. The Morgan fingerprint density at radius 2 is 1.97 bits per heavy atom. The molecule has 1 aliphatic rings. The number of benzene rings is 1. The Bertz CT molecular complexity index is 985. The molecule has 1 fully saturated rings. The van der Waals surface area contributed by atoms with E-state index < -0.39 is 26.6 Å².